The van der Waals surface area contributed by atoms with E-state index in [-0.39, 0.29) is 6.61 Å². The zero-order chi connectivity index (χ0) is 43.8. The minimum atomic E-state index is -1.42. The Morgan fingerprint density at radius 1 is 0.267 bits per heavy atom. The molecule has 0 amide bonds. The van der Waals surface area contributed by atoms with E-state index in [2.05, 4.69) is 93.7 Å². The molecule has 3 nitrogen and oxygen atoms in total. The van der Waals surface area contributed by atoms with Crippen LogP contribution in [0.15, 0.2) is 72.9 Å². The molecule has 1 unspecified atom stereocenters. The molecule has 0 aromatic rings. The number of aliphatic hydroxyl groups is 3. The first-order chi connectivity index (χ1) is 29.5. The van der Waals surface area contributed by atoms with Gasteiger partial charge in [-0.15, -0.1) is 0 Å². The molecule has 1 atom stereocenters. The molecule has 0 aliphatic rings. The Morgan fingerprint density at radius 2 is 0.483 bits per heavy atom. The van der Waals surface area contributed by atoms with Gasteiger partial charge in [0.1, 0.15) is 5.60 Å². The number of hydrogen-bond donors (Lipinski definition) is 3. The molecule has 0 bridgehead atoms. The highest BCUT2D eigenvalue weighted by molar-refractivity contribution is 5.00. The van der Waals surface area contributed by atoms with Crippen molar-refractivity contribution in [2.75, 3.05) is 6.61 Å². The topological polar surface area (TPSA) is 60.7 Å². The number of rotatable bonds is 47. The van der Waals surface area contributed by atoms with Crippen molar-refractivity contribution < 1.29 is 15.3 Å². The first-order valence-corrected chi connectivity index (χ1v) is 26.4. The van der Waals surface area contributed by atoms with Crippen LogP contribution < -0.4 is 0 Å². The van der Waals surface area contributed by atoms with Crippen LogP contribution in [0, 0.1) is 0 Å². The fourth-order valence-electron chi connectivity index (χ4n) is 8.27. The zero-order valence-corrected chi connectivity index (χ0v) is 40.6. The molecule has 0 aromatic carbocycles. The third kappa shape index (κ3) is 38.0. The molecular weight excluding hydrogens is 733 g/mol. The molecule has 0 fully saturated rings. The van der Waals surface area contributed by atoms with E-state index in [1.807, 2.05) is 0 Å². The summed E-state index contributed by atoms with van der Waals surface area (Å²) in [5.41, 5.74) is -2.64. The second kappa shape index (κ2) is 46.8. The summed E-state index contributed by atoms with van der Waals surface area (Å²) < 4.78 is 0. The second-order valence-corrected chi connectivity index (χ2v) is 18.2. The molecule has 0 aromatic heterocycles. The predicted molar refractivity (Wildman–Crippen MR) is 269 cm³/mol. The molecule has 350 valence electrons. The van der Waals surface area contributed by atoms with Gasteiger partial charge in [-0.3, -0.25) is 0 Å². The summed E-state index contributed by atoms with van der Waals surface area (Å²) in [6.07, 6.45) is 72.1. The minimum Gasteiger partial charge on any atom is -0.393 e. The van der Waals surface area contributed by atoms with Crippen LogP contribution >= 0.6 is 0 Å². The van der Waals surface area contributed by atoms with Gasteiger partial charge in [-0.1, -0.05) is 229 Å². The molecule has 0 saturated heterocycles. The van der Waals surface area contributed by atoms with Gasteiger partial charge in [-0.25, -0.2) is 0 Å². The predicted octanol–water partition coefficient (Wildman–Crippen LogP) is 18.1. The van der Waals surface area contributed by atoms with Crippen LogP contribution in [0.4, 0.5) is 0 Å². The SMILES string of the molecule is CCCCCC=CCC=CCCCCCCCCC(O)(CO)C(O)(CCCCCCCCC=CCC=CCCCCC)CCCCCCCCC=CCC=CCCCCC. The number of allylic oxidation sites excluding steroid dienone is 12. The lowest BCUT2D eigenvalue weighted by Gasteiger charge is -2.43. The van der Waals surface area contributed by atoms with Crippen molar-refractivity contribution in [3.8, 4) is 0 Å². The lowest BCUT2D eigenvalue weighted by atomic mass is 9.73. The van der Waals surface area contributed by atoms with Gasteiger partial charge in [-0.05, 0) is 116 Å². The maximum absolute atomic E-state index is 12.1. The third-order valence-corrected chi connectivity index (χ3v) is 12.5. The number of unbranched alkanes of at least 4 members (excludes halogenated alkanes) is 27. The Bertz CT molecular complexity index is 986. The summed E-state index contributed by atoms with van der Waals surface area (Å²) in [4.78, 5) is 0. The highest BCUT2D eigenvalue weighted by Gasteiger charge is 2.47. The summed E-state index contributed by atoms with van der Waals surface area (Å²) in [5, 5.41) is 34.6. The summed E-state index contributed by atoms with van der Waals surface area (Å²) in [7, 11) is 0. The van der Waals surface area contributed by atoms with Gasteiger partial charge >= 0.3 is 0 Å². The summed E-state index contributed by atoms with van der Waals surface area (Å²) in [5.74, 6) is 0. The Hall–Kier alpha value is -1.68. The van der Waals surface area contributed by atoms with Gasteiger partial charge < -0.3 is 15.3 Å². The van der Waals surface area contributed by atoms with Gasteiger partial charge in [0.25, 0.3) is 0 Å². The Labute approximate surface area is 375 Å². The van der Waals surface area contributed by atoms with Crippen molar-refractivity contribution in [2.24, 2.45) is 0 Å². The van der Waals surface area contributed by atoms with Crippen molar-refractivity contribution in [3.63, 3.8) is 0 Å². The normalized spacial score (nSPS) is 14.7. The Morgan fingerprint density at radius 3 is 0.733 bits per heavy atom. The Balaban J connectivity index is 4.64. The van der Waals surface area contributed by atoms with E-state index in [0.717, 1.165) is 83.5 Å². The first kappa shape index (κ1) is 58.3. The van der Waals surface area contributed by atoms with Crippen LogP contribution in [0.2, 0.25) is 0 Å². The Kier molecular flexibility index (Phi) is 45.5. The van der Waals surface area contributed by atoms with E-state index < -0.39 is 11.2 Å². The summed E-state index contributed by atoms with van der Waals surface area (Å²) >= 11 is 0. The fraction of sp³-hybridized carbons (Fsp3) is 0.789. The second-order valence-electron chi connectivity index (χ2n) is 18.2. The molecule has 0 heterocycles. The van der Waals surface area contributed by atoms with Gasteiger partial charge in [0.15, 0.2) is 0 Å². The van der Waals surface area contributed by atoms with Crippen LogP contribution in [-0.2, 0) is 0 Å². The van der Waals surface area contributed by atoms with Crippen LogP contribution in [0.25, 0.3) is 0 Å². The van der Waals surface area contributed by atoms with E-state index in [9.17, 15) is 15.3 Å². The summed E-state index contributed by atoms with van der Waals surface area (Å²) in [6.45, 7) is 6.42. The van der Waals surface area contributed by atoms with Crippen molar-refractivity contribution in [3.05, 3.63) is 72.9 Å². The largest absolute Gasteiger partial charge is 0.393 e. The maximum atomic E-state index is 12.1. The smallest absolute Gasteiger partial charge is 0.116 e. The van der Waals surface area contributed by atoms with E-state index in [1.54, 1.807) is 0 Å². The third-order valence-electron chi connectivity index (χ3n) is 12.5. The van der Waals surface area contributed by atoms with E-state index in [0.29, 0.717) is 19.3 Å². The molecule has 3 heteroatoms. The molecule has 0 saturated carbocycles. The van der Waals surface area contributed by atoms with Crippen molar-refractivity contribution in [2.45, 2.75) is 282 Å². The van der Waals surface area contributed by atoms with E-state index in [4.69, 9.17) is 0 Å². The standard InChI is InChI=1S/C57H104O3/c1-4-7-10-13-16-19-22-25-28-31-34-37-40-43-46-49-52-56(59,53-50-47-44-41-38-35-32-29-26-23-20-17-14-11-8-5-2)57(60,55-58)54-51-48-45-42-39-36-33-30-27-24-21-18-15-12-9-6-3/h16-21,25-30,58-60H,4-15,22-24,31-55H2,1-3H3. The van der Waals surface area contributed by atoms with Crippen LogP contribution in [0.3, 0.4) is 0 Å². The average Bonchev–Trinajstić information content (AvgIpc) is 3.25. The molecule has 0 aliphatic carbocycles. The zero-order valence-electron chi connectivity index (χ0n) is 40.6. The van der Waals surface area contributed by atoms with E-state index in [1.165, 1.54) is 148 Å². The van der Waals surface area contributed by atoms with Gasteiger partial charge in [-0.2, -0.15) is 0 Å². The molecule has 0 radical (unpaired) electrons. The highest BCUT2D eigenvalue weighted by atomic mass is 16.4. The van der Waals surface area contributed by atoms with Gasteiger partial charge in [0, 0.05) is 0 Å². The molecular formula is C57H104O3. The van der Waals surface area contributed by atoms with Crippen LogP contribution in [0.5, 0.6) is 0 Å². The monoisotopic (exact) mass is 837 g/mol. The number of aliphatic hydroxyl groups excluding tert-OH is 1. The van der Waals surface area contributed by atoms with Crippen molar-refractivity contribution >= 4 is 0 Å². The molecule has 0 aliphatic heterocycles. The van der Waals surface area contributed by atoms with Crippen molar-refractivity contribution in [1.29, 1.82) is 0 Å². The molecule has 0 rings (SSSR count). The van der Waals surface area contributed by atoms with Crippen LogP contribution in [-0.4, -0.2) is 33.1 Å². The van der Waals surface area contributed by atoms with Gasteiger partial charge in [0.2, 0.25) is 0 Å². The lowest BCUT2D eigenvalue weighted by molar-refractivity contribution is -0.185. The van der Waals surface area contributed by atoms with Crippen molar-refractivity contribution in [1.82, 2.24) is 0 Å². The quantitative estimate of drug-likeness (QED) is 0.0423. The molecule has 60 heavy (non-hydrogen) atoms. The fourth-order valence-corrected chi connectivity index (χ4v) is 8.27. The van der Waals surface area contributed by atoms with Crippen LogP contribution in [0.1, 0.15) is 271 Å². The molecule has 3 N–H and O–H groups in total. The number of hydrogen-bond acceptors (Lipinski definition) is 3. The first-order valence-electron chi connectivity index (χ1n) is 26.4. The molecule has 0 spiro atoms. The average molecular weight is 837 g/mol. The van der Waals surface area contributed by atoms with Gasteiger partial charge in [0.05, 0.1) is 12.2 Å². The van der Waals surface area contributed by atoms with E-state index >= 15 is 0 Å². The maximum Gasteiger partial charge on any atom is 0.116 e. The lowest BCUT2D eigenvalue weighted by Crippen LogP contribution is -2.56. The highest BCUT2D eigenvalue weighted by Crippen LogP contribution is 2.37. The summed E-state index contributed by atoms with van der Waals surface area (Å²) in [6, 6.07) is 0. The minimum absolute atomic E-state index is 0.353.